The first kappa shape index (κ1) is 21.2. The Labute approximate surface area is 181 Å². The Kier molecular flexibility index (Phi) is 5.15. The fraction of sp³-hybridized carbons (Fsp3) is 0.409. The molecule has 1 fully saturated rings. The average molecular weight is 448 g/mol. The van der Waals surface area contributed by atoms with Gasteiger partial charge in [-0.3, -0.25) is 4.79 Å². The van der Waals surface area contributed by atoms with Crippen LogP contribution in [-0.4, -0.2) is 36.6 Å². The zero-order valence-electron chi connectivity index (χ0n) is 17.4. The van der Waals surface area contributed by atoms with Crippen molar-refractivity contribution in [1.82, 2.24) is 4.31 Å². The number of carbonyl (C=O) groups excluding carboxylic acids is 1. The van der Waals surface area contributed by atoms with Crippen molar-refractivity contribution >= 4 is 27.8 Å². The van der Waals surface area contributed by atoms with Crippen LogP contribution in [-0.2, 0) is 19.6 Å². The van der Waals surface area contributed by atoms with Crippen molar-refractivity contribution in [2.75, 3.05) is 12.3 Å². The van der Waals surface area contributed by atoms with Crippen LogP contribution in [0.2, 0.25) is 0 Å². The van der Waals surface area contributed by atoms with Gasteiger partial charge >= 0.3 is 5.97 Å². The van der Waals surface area contributed by atoms with Gasteiger partial charge < -0.3 is 9.15 Å². The number of furan rings is 1. The molecule has 1 aromatic heterocycles. The van der Waals surface area contributed by atoms with E-state index in [1.165, 1.54) is 22.3 Å². The van der Waals surface area contributed by atoms with E-state index >= 15 is 0 Å². The SMILES string of the molecule is Cc1ccc(S(=O)(=O)N2CC3=CSC[C@@]3(C(=O)OC(C)(C)C)[C@H]2c2ccco2)cc1. The third-order valence-electron chi connectivity index (χ3n) is 5.39. The van der Waals surface area contributed by atoms with Crippen molar-refractivity contribution in [3.8, 4) is 0 Å². The molecule has 0 bridgehead atoms. The molecule has 30 heavy (non-hydrogen) atoms. The second-order valence-corrected chi connectivity index (χ2v) is 11.5. The second-order valence-electron chi connectivity index (χ2n) is 8.71. The molecule has 8 heteroatoms. The maximum absolute atomic E-state index is 13.6. The van der Waals surface area contributed by atoms with Gasteiger partial charge in [0.05, 0.1) is 11.2 Å². The van der Waals surface area contributed by atoms with Crippen molar-refractivity contribution in [3.63, 3.8) is 0 Å². The van der Waals surface area contributed by atoms with Gasteiger partial charge in [-0.25, -0.2) is 8.42 Å². The Bertz CT molecular complexity index is 1080. The topological polar surface area (TPSA) is 76.8 Å². The highest BCUT2D eigenvalue weighted by Gasteiger charge is 2.63. The van der Waals surface area contributed by atoms with Gasteiger partial charge in [0, 0.05) is 12.3 Å². The molecular formula is C22H25NO5S2. The molecule has 0 aliphatic carbocycles. The van der Waals surface area contributed by atoms with E-state index in [1.54, 1.807) is 36.4 Å². The van der Waals surface area contributed by atoms with Crippen LogP contribution in [0.3, 0.4) is 0 Å². The van der Waals surface area contributed by atoms with Crippen molar-refractivity contribution in [2.24, 2.45) is 5.41 Å². The van der Waals surface area contributed by atoms with Gasteiger partial charge in [0.25, 0.3) is 0 Å². The predicted molar refractivity (Wildman–Crippen MR) is 115 cm³/mol. The fourth-order valence-electron chi connectivity index (χ4n) is 3.98. The summed E-state index contributed by atoms with van der Waals surface area (Å²) in [6, 6.07) is 9.35. The zero-order chi connectivity index (χ0) is 21.7. The first-order valence-corrected chi connectivity index (χ1v) is 12.2. The van der Waals surface area contributed by atoms with Gasteiger partial charge in [0.1, 0.15) is 22.8 Å². The molecule has 0 spiro atoms. The number of hydrogen-bond acceptors (Lipinski definition) is 6. The highest BCUT2D eigenvalue weighted by atomic mass is 32.2. The third-order valence-corrected chi connectivity index (χ3v) is 8.29. The minimum absolute atomic E-state index is 0.119. The van der Waals surface area contributed by atoms with E-state index < -0.39 is 33.1 Å². The van der Waals surface area contributed by atoms with Gasteiger partial charge in [-0.2, -0.15) is 4.31 Å². The lowest BCUT2D eigenvalue weighted by Gasteiger charge is -2.35. The van der Waals surface area contributed by atoms with Crippen LogP contribution >= 0.6 is 11.8 Å². The fourth-order valence-corrected chi connectivity index (χ4v) is 6.90. The van der Waals surface area contributed by atoms with Crippen molar-refractivity contribution in [2.45, 2.75) is 44.2 Å². The van der Waals surface area contributed by atoms with E-state index in [-0.39, 0.29) is 11.4 Å². The summed E-state index contributed by atoms with van der Waals surface area (Å²) in [4.78, 5) is 13.7. The number of fused-ring (bicyclic) bond motifs is 1. The number of ether oxygens (including phenoxy) is 1. The Hall–Kier alpha value is -2.03. The summed E-state index contributed by atoms with van der Waals surface area (Å²) in [6.07, 6.45) is 1.50. The van der Waals surface area contributed by atoms with Gasteiger partial charge in [-0.1, -0.05) is 17.7 Å². The molecule has 3 heterocycles. The second kappa shape index (κ2) is 7.28. The van der Waals surface area contributed by atoms with Gasteiger partial charge in [0.15, 0.2) is 0 Å². The highest BCUT2D eigenvalue weighted by Crippen LogP contribution is 2.58. The molecule has 0 N–H and O–H groups in total. The summed E-state index contributed by atoms with van der Waals surface area (Å²) in [7, 11) is -3.87. The number of thioether (sulfide) groups is 1. The van der Waals surface area contributed by atoms with Gasteiger partial charge in [-0.05, 0) is 62.9 Å². The Morgan fingerprint density at radius 2 is 1.93 bits per heavy atom. The maximum Gasteiger partial charge on any atom is 0.319 e. The molecule has 1 aromatic carbocycles. The molecule has 2 aliphatic rings. The molecule has 1 saturated heterocycles. The number of esters is 1. The lowest BCUT2D eigenvalue weighted by atomic mass is 9.78. The minimum Gasteiger partial charge on any atom is -0.468 e. The molecule has 0 radical (unpaired) electrons. The van der Waals surface area contributed by atoms with Crippen LogP contribution in [0.4, 0.5) is 0 Å². The molecule has 2 atom stereocenters. The number of nitrogens with zero attached hydrogens (tertiary/aromatic N) is 1. The first-order valence-electron chi connectivity index (χ1n) is 9.72. The summed E-state index contributed by atoms with van der Waals surface area (Å²) >= 11 is 1.50. The lowest BCUT2D eigenvalue weighted by molar-refractivity contribution is -0.165. The standard InChI is InChI=1S/C22H25NO5S2/c1-15-7-9-17(10-8-15)30(25,26)23-12-16-13-29-14-22(16,20(24)28-21(2,3)4)19(23)18-6-5-11-27-18/h5-11,13,19H,12,14H2,1-4H3/t19-,22+/m1/s1. The number of hydrogen-bond donors (Lipinski definition) is 0. The number of aryl methyl sites for hydroxylation is 1. The highest BCUT2D eigenvalue weighted by molar-refractivity contribution is 8.02. The van der Waals surface area contributed by atoms with E-state index in [2.05, 4.69) is 0 Å². The number of benzene rings is 1. The van der Waals surface area contributed by atoms with Gasteiger partial charge in [0.2, 0.25) is 10.0 Å². The summed E-state index contributed by atoms with van der Waals surface area (Å²) < 4.78 is 40.1. The summed E-state index contributed by atoms with van der Waals surface area (Å²) in [6.45, 7) is 7.45. The summed E-state index contributed by atoms with van der Waals surface area (Å²) in [5.41, 5.74) is -0.0904. The van der Waals surface area contributed by atoms with Crippen LogP contribution < -0.4 is 0 Å². The molecule has 2 aliphatic heterocycles. The van der Waals surface area contributed by atoms with E-state index in [1.807, 2.05) is 33.1 Å². The molecule has 0 saturated carbocycles. The molecule has 0 amide bonds. The number of rotatable bonds is 4. The monoisotopic (exact) mass is 447 g/mol. The van der Waals surface area contributed by atoms with E-state index in [0.717, 1.165) is 11.1 Å². The van der Waals surface area contributed by atoms with Gasteiger partial charge in [-0.15, -0.1) is 11.8 Å². The van der Waals surface area contributed by atoms with E-state index in [4.69, 9.17) is 9.15 Å². The predicted octanol–water partition coefficient (Wildman–Crippen LogP) is 4.29. The third kappa shape index (κ3) is 3.40. The number of carbonyl (C=O) groups is 1. The Balaban J connectivity index is 1.85. The largest absolute Gasteiger partial charge is 0.468 e. The van der Waals surface area contributed by atoms with Crippen LogP contribution in [0.25, 0.3) is 0 Å². The first-order chi connectivity index (χ1) is 14.1. The normalized spacial score (nSPS) is 24.5. The maximum atomic E-state index is 13.6. The van der Waals surface area contributed by atoms with Crippen molar-refractivity contribution < 1.29 is 22.4 Å². The molecule has 6 nitrogen and oxygen atoms in total. The zero-order valence-corrected chi connectivity index (χ0v) is 19.0. The Morgan fingerprint density at radius 1 is 1.23 bits per heavy atom. The molecule has 0 unspecified atom stereocenters. The van der Waals surface area contributed by atoms with Crippen LogP contribution in [0.1, 0.15) is 38.1 Å². The summed E-state index contributed by atoms with van der Waals surface area (Å²) in [5.74, 6) is 0.416. The van der Waals surface area contributed by atoms with Crippen molar-refractivity contribution in [3.05, 3.63) is 65.0 Å². The van der Waals surface area contributed by atoms with E-state index in [9.17, 15) is 13.2 Å². The number of sulfonamides is 1. The minimum atomic E-state index is -3.87. The molecule has 2 aromatic rings. The smallest absolute Gasteiger partial charge is 0.319 e. The molecular weight excluding hydrogens is 422 g/mol. The van der Waals surface area contributed by atoms with Crippen LogP contribution in [0, 0.1) is 12.3 Å². The van der Waals surface area contributed by atoms with E-state index in [0.29, 0.717) is 11.5 Å². The summed E-state index contributed by atoms with van der Waals surface area (Å²) in [5, 5.41) is 1.89. The molecule has 4 rings (SSSR count). The molecule has 160 valence electrons. The van der Waals surface area contributed by atoms with Crippen molar-refractivity contribution in [1.29, 1.82) is 0 Å². The average Bonchev–Trinajstić information content (AvgIpc) is 3.36. The van der Waals surface area contributed by atoms with Crippen LogP contribution in [0.5, 0.6) is 0 Å². The quantitative estimate of drug-likeness (QED) is 0.651. The van der Waals surface area contributed by atoms with Crippen LogP contribution in [0.15, 0.2) is 63.0 Å². The lowest BCUT2D eigenvalue weighted by Crippen LogP contribution is -2.44. The Morgan fingerprint density at radius 3 is 2.53 bits per heavy atom.